The van der Waals surface area contributed by atoms with E-state index in [1.54, 1.807) is 7.11 Å². The number of hydrogen-bond donors (Lipinski definition) is 1. The third-order valence-corrected chi connectivity index (χ3v) is 3.78. The molecule has 0 aliphatic carbocycles. The fourth-order valence-electron chi connectivity index (χ4n) is 2.75. The number of methoxy groups -OCH3 is 1. The lowest BCUT2D eigenvalue weighted by Gasteiger charge is -2.29. The number of fused-ring (bicyclic) bond motifs is 1. The molecule has 1 saturated heterocycles. The maximum absolute atomic E-state index is 11.9. The summed E-state index contributed by atoms with van der Waals surface area (Å²) >= 11 is 0. The van der Waals surface area contributed by atoms with Crippen LogP contribution in [0.5, 0.6) is 5.75 Å². The Balaban J connectivity index is 2.17. The first-order valence-corrected chi connectivity index (χ1v) is 6.74. The number of piperidine rings is 1. The van der Waals surface area contributed by atoms with Gasteiger partial charge in [-0.3, -0.25) is 4.79 Å². The van der Waals surface area contributed by atoms with E-state index in [2.05, 4.69) is 9.88 Å². The molecule has 19 heavy (non-hydrogen) atoms. The van der Waals surface area contributed by atoms with Gasteiger partial charge in [0.1, 0.15) is 5.75 Å². The van der Waals surface area contributed by atoms with Crippen LogP contribution in [0.3, 0.4) is 0 Å². The monoisotopic (exact) mass is 258 g/mol. The maximum atomic E-state index is 11.9. The highest BCUT2D eigenvalue weighted by Gasteiger charge is 2.15. The van der Waals surface area contributed by atoms with Crippen LogP contribution in [0, 0.1) is 0 Å². The highest BCUT2D eigenvalue weighted by molar-refractivity contribution is 5.94. The molecule has 100 valence electrons. The summed E-state index contributed by atoms with van der Waals surface area (Å²) in [5, 5.41) is 1.70. The summed E-state index contributed by atoms with van der Waals surface area (Å²) in [6.45, 7) is 2.11. The van der Waals surface area contributed by atoms with Gasteiger partial charge >= 0.3 is 0 Å². The van der Waals surface area contributed by atoms with E-state index in [1.807, 2.05) is 24.4 Å². The van der Waals surface area contributed by atoms with E-state index in [9.17, 15) is 4.79 Å². The lowest BCUT2D eigenvalue weighted by Crippen LogP contribution is -2.30. The third kappa shape index (κ3) is 2.18. The quantitative estimate of drug-likeness (QED) is 0.900. The van der Waals surface area contributed by atoms with Gasteiger partial charge in [0.05, 0.1) is 12.8 Å². The molecule has 1 aromatic heterocycles. The van der Waals surface area contributed by atoms with Crippen molar-refractivity contribution in [3.63, 3.8) is 0 Å². The number of H-pyrrole nitrogens is 1. The van der Waals surface area contributed by atoms with E-state index >= 15 is 0 Å². The number of aromatic amines is 1. The molecular formula is C15H18N2O2. The molecule has 2 heterocycles. The van der Waals surface area contributed by atoms with Crippen molar-refractivity contribution < 1.29 is 4.74 Å². The lowest BCUT2D eigenvalue weighted by atomic mass is 10.1. The summed E-state index contributed by atoms with van der Waals surface area (Å²) in [5.74, 6) is 0.788. The summed E-state index contributed by atoms with van der Waals surface area (Å²) in [6.07, 6.45) is 5.55. The molecule has 0 unspecified atom stereocenters. The second kappa shape index (κ2) is 4.96. The van der Waals surface area contributed by atoms with Gasteiger partial charge in [0, 0.05) is 30.1 Å². The van der Waals surface area contributed by atoms with Crippen LogP contribution < -0.4 is 15.2 Å². The highest BCUT2D eigenvalue weighted by atomic mass is 16.5. The van der Waals surface area contributed by atoms with Gasteiger partial charge in [-0.25, -0.2) is 0 Å². The third-order valence-electron chi connectivity index (χ3n) is 3.78. The number of aromatic nitrogens is 1. The topological polar surface area (TPSA) is 45.3 Å². The number of nitrogens with zero attached hydrogens (tertiary/aromatic N) is 1. The summed E-state index contributed by atoms with van der Waals surface area (Å²) in [7, 11) is 1.65. The van der Waals surface area contributed by atoms with Gasteiger partial charge in [-0.15, -0.1) is 0 Å². The number of nitrogens with one attached hydrogen (secondary N) is 1. The van der Waals surface area contributed by atoms with Crippen LogP contribution in [0.2, 0.25) is 0 Å². The molecule has 2 aromatic rings. The fraction of sp³-hybridized carbons (Fsp3) is 0.400. The van der Waals surface area contributed by atoms with Crippen molar-refractivity contribution in [1.82, 2.24) is 4.98 Å². The van der Waals surface area contributed by atoms with Crippen molar-refractivity contribution >= 4 is 16.5 Å². The van der Waals surface area contributed by atoms with Gasteiger partial charge in [-0.2, -0.15) is 0 Å². The first-order valence-electron chi connectivity index (χ1n) is 6.74. The molecule has 4 nitrogen and oxygen atoms in total. The molecule has 1 aromatic carbocycles. The molecule has 0 atom stereocenters. The van der Waals surface area contributed by atoms with Crippen LogP contribution >= 0.6 is 0 Å². The lowest BCUT2D eigenvalue weighted by molar-refractivity contribution is 0.415. The normalized spacial score (nSPS) is 15.7. The van der Waals surface area contributed by atoms with Crippen molar-refractivity contribution in [1.29, 1.82) is 0 Å². The van der Waals surface area contributed by atoms with E-state index in [0.29, 0.717) is 0 Å². The fourth-order valence-corrected chi connectivity index (χ4v) is 2.75. The zero-order valence-electron chi connectivity index (χ0n) is 11.1. The molecule has 3 rings (SSSR count). The van der Waals surface area contributed by atoms with E-state index in [4.69, 9.17) is 4.74 Å². The second-order valence-electron chi connectivity index (χ2n) is 4.96. The van der Waals surface area contributed by atoms with Gasteiger partial charge in [0.2, 0.25) is 0 Å². The molecular weight excluding hydrogens is 240 g/mol. The van der Waals surface area contributed by atoms with E-state index in [0.717, 1.165) is 35.3 Å². The number of pyridine rings is 1. The van der Waals surface area contributed by atoms with Crippen molar-refractivity contribution in [2.45, 2.75) is 19.3 Å². The van der Waals surface area contributed by atoms with Crippen LogP contribution in [-0.2, 0) is 0 Å². The van der Waals surface area contributed by atoms with E-state index in [-0.39, 0.29) is 5.56 Å². The van der Waals surface area contributed by atoms with Gasteiger partial charge in [-0.1, -0.05) is 0 Å². The molecule has 1 N–H and O–H groups in total. The Morgan fingerprint density at radius 1 is 1.16 bits per heavy atom. The van der Waals surface area contributed by atoms with Gasteiger partial charge in [0.15, 0.2) is 0 Å². The summed E-state index contributed by atoms with van der Waals surface area (Å²) in [5.41, 5.74) is 1.06. The zero-order chi connectivity index (χ0) is 13.2. The van der Waals surface area contributed by atoms with Crippen LogP contribution in [0.25, 0.3) is 10.8 Å². The van der Waals surface area contributed by atoms with Gasteiger partial charge in [0.25, 0.3) is 5.56 Å². The Morgan fingerprint density at radius 2 is 1.95 bits per heavy atom. The van der Waals surface area contributed by atoms with E-state index < -0.39 is 0 Å². The molecule has 1 fully saturated rings. The molecule has 0 saturated carbocycles. The van der Waals surface area contributed by atoms with Crippen molar-refractivity contribution in [3.05, 3.63) is 34.7 Å². The standard InChI is InChI=1S/C15H18N2O2/c1-19-11-5-6-12-13(9-11)14(10-16-15(12)18)17-7-3-2-4-8-17/h5-6,9-10H,2-4,7-8H2,1H3,(H,16,18). The number of hydrogen-bond acceptors (Lipinski definition) is 3. The molecule has 1 aliphatic rings. The van der Waals surface area contributed by atoms with Gasteiger partial charge in [-0.05, 0) is 37.5 Å². The Kier molecular flexibility index (Phi) is 3.15. The first kappa shape index (κ1) is 12.1. The summed E-state index contributed by atoms with van der Waals surface area (Å²) < 4.78 is 5.27. The predicted molar refractivity (Wildman–Crippen MR) is 77.2 cm³/mol. The zero-order valence-corrected chi connectivity index (χ0v) is 11.1. The van der Waals surface area contributed by atoms with Gasteiger partial charge < -0.3 is 14.6 Å². The summed E-state index contributed by atoms with van der Waals surface area (Å²) in [4.78, 5) is 17.1. The number of anilines is 1. The van der Waals surface area contributed by atoms with Crippen LogP contribution in [0.4, 0.5) is 5.69 Å². The summed E-state index contributed by atoms with van der Waals surface area (Å²) in [6, 6.07) is 5.62. The molecule has 0 radical (unpaired) electrons. The Morgan fingerprint density at radius 3 is 2.68 bits per heavy atom. The van der Waals surface area contributed by atoms with Crippen LogP contribution in [-0.4, -0.2) is 25.2 Å². The number of benzene rings is 1. The highest BCUT2D eigenvalue weighted by Crippen LogP contribution is 2.29. The average molecular weight is 258 g/mol. The second-order valence-corrected chi connectivity index (χ2v) is 4.96. The molecule has 4 heteroatoms. The Bertz CT molecular complexity index is 642. The minimum Gasteiger partial charge on any atom is -0.497 e. The largest absolute Gasteiger partial charge is 0.497 e. The molecule has 0 amide bonds. The molecule has 0 bridgehead atoms. The number of rotatable bonds is 2. The SMILES string of the molecule is COc1ccc2c(=O)[nH]cc(N3CCCCC3)c2c1. The first-order chi connectivity index (χ1) is 9.29. The molecule has 1 aliphatic heterocycles. The van der Waals surface area contributed by atoms with Crippen LogP contribution in [0.1, 0.15) is 19.3 Å². The van der Waals surface area contributed by atoms with Crippen molar-refractivity contribution in [2.75, 3.05) is 25.1 Å². The molecule has 0 spiro atoms. The Labute approximate surface area is 112 Å². The van der Waals surface area contributed by atoms with E-state index in [1.165, 1.54) is 19.3 Å². The minimum atomic E-state index is -0.0431. The average Bonchev–Trinajstić information content (AvgIpc) is 2.48. The van der Waals surface area contributed by atoms with Crippen LogP contribution in [0.15, 0.2) is 29.2 Å². The minimum absolute atomic E-state index is 0.0431. The van der Waals surface area contributed by atoms with Crippen molar-refractivity contribution in [2.24, 2.45) is 0 Å². The predicted octanol–water partition coefficient (Wildman–Crippen LogP) is 2.53. The Hall–Kier alpha value is -1.97. The smallest absolute Gasteiger partial charge is 0.255 e. The maximum Gasteiger partial charge on any atom is 0.255 e. The van der Waals surface area contributed by atoms with Crippen molar-refractivity contribution in [3.8, 4) is 5.75 Å². The number of ether oxygens (including phenoxy) is 1.